The predicted octanol–water partition coefficient (Wildman–Crippen LogP) is 3.62. The number of hydrogen-bond donors (Lipinski definition) is 1. The van der Waals surface area contributed by atoms with Crippen LogP contribution in [0.15, 0.2) is 58.8 Å². The molecule has 0 saturated heterocycles. The van der Waals surface area contributed by atoms with Gasteiger partial charge >= 0.3 is 0 Å². The first-order chi connectivity index (χ1) is 13.9. The first-order valence-corrected chi connectivity index (χ1v) is 11.3. The summed E-state index contributed by atoms with van der Waals surface area (Å²) in [5.74, 6) is -1.04. The van der Waals surface area contributed by atoms with Gasteiger partial charge in [-0.1, -0.05) is 37.3 Å². The van der Waals surface area contributed by atoms with E-state index < -0.39 is 21.8 Å². The monoisotopic (exact) mass is 427 g/mol. The van der Waals surface area contributed by atoms with Gasteiger partial charge in [0.2, 0.25) is 0 Å². The Morgan fingerprint density at radius 1 is 1.17 bits per heavy atom. The van der Waals surface area contributed by atoms with Gasteiger partial charge in [0.1, 0.15) is 4.90 Å². The molecule has 9 heteroatoms. The number of hydrogen-bond acceptors (Lipinski definition) is 6. The number of carbonyl (C=O) groups excluding carboxylic acids is 2. The summed E-state index contributed by atoms with van der Waals surface area (Å²) in [5, 5.41) is 4.93. The average molecular weight is 428 g/mol. The van der Waals surface area contributed by atoms with Crippen LogP contribution in [-0.4, -0.2) is 36.1 Å². The lowest BCUT2D eigenvalue weighted by molar-refractivity contribution is 0.0870. The van der Waals surface area contributed by atoms with Gasteiger partial charge in [-0.2, -0.15) is 0 Å². The molecular formula is C20H17N3O4S2. The number of anilines is 1. The van der Waals surface area contributed by atoms with E-state index in [0.29, 0.717) is 11.6 Å². The molecule has 1 N–H and O–H groups in total. The van der Waals surface area contributed by atoms with Crippen LogP contribution in [0, 0.1) is 0 Å². The molecule has 0 saturated carbocycles. The molecule has 29 heavy (non-hydrogen) atoms. The minimum atomic E-state index is -3.93. The van der Waals surface area contributed by atoms with E-state index in [9.17, 15) is 18.0 Å². The maximum absolute atomic E-state index is 12.6. The molecule has 2 heterocycles. The molecule has 0 aliphatic carbocycles. The molecule has 1 aliphatic rings. The van der Waals surface area contributed by atoms with E-state index in [0.717, 1.165) is 15.6 Å². The highest BCUT2D eigenvalue weighted by molar-refractivity contribution is 7.90. The summed E-state index contributed by atoms with van der Waals surface area (Å²) in [6.45, 7) is 1.90. The van der Waals surface area contributed by atoms with Crippen molar-refractivity contribution in [1.82, 2.24) is 9.29 Å². The van der Waals surface area contributed by atoms with Crippen LogP contribution in [-0.2, 0) is 10.0 Å². The third-order valence-corrected chi connectivity index (χ3v) is 7.07. The smallest absolute Gasteiger partial charge is 0.269 e. The fourth-order valence-corrected chi connectivity index (χ4v) is 5.48. The Bertz CT molecular complexity index is 1200. The molecule has 0 atom stereocenters. The van der Waals surface area contributed by atoms with Crippen LogP contribution < -0.4 is 5.32 Å². The van der Waals surface area contributed by atoms with Crippen molar-refractivity contribution in [2.45, 2.75) is 18.2 Å². The maximum atomic E-state index is 12.6. The van der Waals surface area contributed by atoms with Gasteiger partial charge in [-0.15, -0.1) is 11.3 Å². The summed E-state index contributed by atoms with van der Waals surface area (Å²) >= 11 is 1.28. The number of fused-ring (bicyclic) bond motifs is 1. The van der Waals surface area contributed by atoms with Crippen LogP contribution >= 0.6 is 11.3 Å². The molecule has 148 valence electrons. The van der Waals surface area contributed by atoms with Gasteiger partial charge < -0.3 is 0 Å². The van der Waals surface area contributed by atoms with Crippen molar-refractivity contribution < 1.29 is 18.0 Å². The van der Waals surface area contributed by atoms with E-state index in [-0.39, 0.29) is 22.6 Å². The standard InChI is InChI=1S/C20H17N3O4S2/c1-2-10-23-19(25)15-9-8-14(11-17(15)29(23,26)27)18(24)22-20-21-16(12-28-20)13-6-4-3-5-7-13/h3-9,11-12H,2,10H2,1H3,(H,21,22,24). The summed E-state index contributed by atoms with van der Waals surface area (Å²) in [7, 11) is -3.93. The Kier molecular flexibility index (Phi) is 4.93. The molecule has 1 aliphatic heterocycles. The first kappa shape index (κ1) is 19.3. The Labute approximate surface area is 172 Å². The fourth-order valence-electron chi connectivity index (χ4n) is 3.08. The zero-order valence-corrected chi connectivity index (χ0v) is 17.1. The lowest BCUT2D eigenvalue weighted by Gasteiger charge is -2.13. The van der Waals surface area contributed by atoms with Gasteiger partial charge in [-0.25, -0.2) is 17.7 Å². The van der Waals surface area contributed by atoms with E-state index >= 15 is 0 Å². The zero-order chi connectivity index (χ0) is 20.6. The minimum absolute atomic E-state index is 0.0932. The van der Waals surface area contributed by atoms with Crippen molar-refractivity contribution in [2.24, 2.45) is 0 Å². The van der Waals surface area contributed by atoms with Crippen molar-refractivity contribution in [2.75, 3.05) is 11.9 Å². The largest absolute Gasteiger partial charge is 0.298 e. The molecule has 4 rings (SSSR count). The summed E-state index contributed by atoms with van der Waals surface area (Å²) in [6.07, 6.45) is 0.514. The molecule has 2 amide bonds. The first-order valence-electron chi connectivity index (χ1n) is 8.95. The highest BCUT2D eigenvalue weighted by atomic mass is 32.2. The number of thiazole rings is 1. The number of amides is 2. The number of nitrogens with one attached hydrogen (secondary N) is 1. The lowest BCUT2D eigenvalue weighted by atomic mass is 10.1. The minimum Gasteiger partial charge on any atom is -0.298 e. The molecular weight excluding hydrogens is 410 g/mol. The summed E-state index contributed by atoms with van der Waals surface area (Å²) < 4.78 is 26.1. The van der Waals surface area contributed by atoms with Crippen LogP contribution in [0.2, 0.25) is 0 Å². The summed E-state index contributed by atoms with van der Waals surface area (Å²) in [5.41, 5.74) is 1.91. The highest BCUT2D eigenvalue weighted by Crippen LogP contribution is 2.31. The van der Waals surface area contributed by atoms with Crippen molar-refractivity contribution >= 4 is 38.3 Å². The molecule has 2 aromatic carbocycles. The molecule has 0 fully saturated rings. The Balaban J connectivity index is 1.58. The molecule has 0 bridgehead atoms. The Morgan fingerprint density at radius 3 is 2.66 bits per heavy atom. The van der Waals surface area contributed by atoms with Crippen molar-refractivity contribution in [3.63, 3.8) is 0 Å². The van der Waals surface area contributed by atoms with Crippen molar-refractivity contribution in [1.29, 1.82) is 0 Å². The van der Waals surface area contributed by atoms with E-state index in [1.54, 1.807) is 6.92 Å². The zero-order valence-electron chi connectivity index (χ0n) is 15.5. The average Bonchev–Trinajstić information content (AvgIpc) is 3.26. The predicted molar refractivity (Wildman–Crippen MR) is 110 cm³/mol. The number of benzene rings is 2. The molecule has 3 aromatic rings. The summed E-state index contributed by atoms with van der Waals surface area (Å²) in [6, 6.07) is 13.6. The Hall–Kier alpha value is -3.04. The number of aromatic nitrogens is 1. The number of rotatable bonds is 5. The van der Waals surface area contributed by atoms with Crippen molar-refractivity contribution in [3.05, 3.63) is 65.0 Å². The summed E-state index contributed by atoms with van der Waals surface area (Å²) in [4.78, 5) is 29.2. The molecule has 0 spiro atoms. The third-order valence-electron chi connectivity index (χ3n) is 4.49. The molecule has 1 aromatic heterocycles. The van der Waals surface area contributed by atoms with Gasteiger partial charge in [0.15, 0.2) is 5.13 Å². The lowest BCUT2D eigenvalue weighted by Crippen LogP contribution is -2.30. The third kappa shape index (κ3) is 3.43. The van der Waals surface area contributed by atoms with E-state index in [1.165, 1.54) is 29.5 Å². The Morgan fingerprint density at radius 2 is 1.93 bits per heavy atom. The van der Waals surface area contributed by atoms with Gasteiger partial charge in [-0.3, -0.25) is 14.9 Å². The maximum Gasteiger partial charge on any atom is 0.269 e. The highest BCUT2D eigenvalue weighted by Gasteiger charge is 2.40. The second kappa shape index (κ2) is 7.41. The molecule has 7 nitrogen and oxygen atoms in total. The van der Waals surface area contributed by atoms with Crippen LogP contribution in [0.5, 0.6) is 0 Å². The molecule has 0 radical (unpaired) electrons. The van der Waals surface area contributed by atoms with Crippen molar-refractivity contribution in [3.8, 4) is 11.3 Å². The second-order valence-corrected chi connectivity index (χ2v) is 9.14. The van der Waals surface area contributed by atoms with Gasteiger partial charge in [0.05, 0.1) is 11.3 Å². The normalized spacial score (nSPS) is 14.7. The van der Waals surface area contributed by atoms with E-state index in [1.807, 2.05) is 35.7 Å². The number of nitrogens with zero attached hydrogens (tertiary/aromatic N) is 2. The SMILES string of the molecule is CCCN1C(=O)c2ccc(C(=O)Nc3nc(-c4ccccc4)cs3)cc2S1(=O)=O. The van der Waals surface area contributed by atoms with Crippen LogP contribution in [0.1, 0.15) is 34.1 Å². The number of sulfonamides is 1. The topological polar surface area (TPSA) is 96.4 Å². The van der Waals surface area contributed by atoms with Crippen LogP contribution in [0.25, 0.3) is 11.3 Å². The van der Waals surface area contributed by atoms with Gasteiger partial charge in [-0.05, 0) is 24.6 Å². The van der Waals surface area contributed by atoms with Gasteiger partial charge in [0, 0.05) is 23.1 Å². The van der Waals surface area contributed by atoms with Crippen LogP contribution in [0.3, 0.4) is 0 Å². The second-order valence-electron chi connectivity index (χ2n) is 6.45. The van der Waals surface area contributed by atoms with E-state index in [4.69, 9.17) is 0 Å². The fraction of sp³-hybridized carbons (Fsp3) is 0.150. The number of carbonyl (C=O) groups is 2. The van der Waals surface area contributed by atoms with Gasteiger partial charge in [0.25, 0.3) is 21.8 Å². The van der Waals surface area contributed by atoms with Crippen LogP contribution in [0.4, 0.5) is 5.13 Å². The quantitative estimate of drug-likeness (QED) is 0.671. The molecule has 0 unspecified atom stereocenters. The van der Waals surface area contributed by atoms with E-state index in [2.05, 4.69) is 10.3 Å².